The van der Waals surface area contributed by atoms with Gasteiger partial charge < -0.3 is 21.3 Å². The van der Waals surface area contributed by atoms with Crippen molar-refractivity contribution in [2.24, 2.45) is 5.92 Å². The molecule has 3 unspecified atom stereocenters. The predicted octanol–water partition coefficient (Wildman–Crippen LogP) is -0.0934. The van der Waals surface area contributed by atoms with E-state index in [0.717, 1.165) is 6.42 Å². The molecule has 0 spiro atoms. The van der Waals surface area contributed by atoms with Gasteiger partial charge in [0.1, 0.15) is 11.7 Å². The molecule has 0 bridgehead atoms. The van der Waals surface area contributed by atoms with E-state index >= 15 is 0 Å². The Morgan fingerprint density at radius 1 is 1.47 bits per heavy atom. The van der Waals surface area contributed by atoms with Crippen molar-refractivity contribution in [2.45, 2.75) is 25.7 Å². The Bertz CT molecular complexity index is 612. The summed E-state index contributed by atoms with van der Waals surface area (Å²) in [6.07, 6.45) is 2.03. The topological polar surface area (TPSA) is 125 Å². The van der Waals surface area contributed by atoms with Crippen LogP contribution in [0.15, 0.2) is 6.33 Å². The second kappa shape index (κ2) is 4.32. The van der Waals surface area contributed by atoms with Gasteiger partial charge in [-0.05, 0) is 6.42 Å². The van der Waals surface area contributed by atoms with Crippen molar-refractivity contribution in [3.05, 3.63) is 6.33 Å². The minimum Gasteiger partial charge on any atom is -0.394 e. The molecule has 0 radical (unpaired) electrons. The Labute approximate surface area is 109 Å². The van der Waals surface area contributed by atoms with Gasteiger partial charge in [-0.2, -0.15) is 9.97 Å². The number of rotatable bonds is 2. The summed E-state index contributed by atoms with van der Waals surface area (Å²) in [6.45, 7) is 2.06. The predicted molar refractivity (Wildman–Crippen MR) is 68.9 cm³/mol. The summed E-state index contributed by atoms with van der Waals surface area (Å²) in [6, 6.07) is 0. The van der Waals surface area contributed by atoms with Gasteiger partial charge in [0.2, 0.25) is 5.95 Å². The van der Waals surface area contributed by atoms with Crippen molar-refractivity contribution < 1.29 is 9.84 Å². The summed E-state index contributed by atoms with van der Waals surface area (Å²) in [5.74, 6) is 0.605. The molecule has 1 fully saturated rings. The molecule has 0 aromatic carbocycles. The van der Waals surface area contributed by atoms with Crippen LogP contribution in [0.1, 0.15) is 19.6 Å². The third-order valence-electron chi connectivity index (χ3n) is 3.40. The van der Waals surface area contributed by atoms with Crippen LogP contribution in [0.4, 0.5) is 11.8 Å². The number of anilines is 2. The summed E-state index contributed by atoms with van der Waals surface area (Å²) in [5.41, 5.74) is 12.5. The quantitative estimate of drug-likeness (QED) is 0.691. The van der Waals surface area contributed by atoms with Gasteiger partial charge in [0.05, 0.1) is 19.0 Å². The van der Waals surface area contributed by atoms with Crippen LogP contribution in [-0.4, -0.2) is 37.3 Å². The van der Waals surface area contributed by atoms with E-state index in [0.29, 0.717) is 11.2 Å². The minimum atomic E-state index is -0.226. The van der Waals surface area contributed by atoms with Gasteiger partial charge in [0, 0.05) is 5.92 Å². The number of hydrogen-bond donors (Lipinski definition) is 3. The Kier molecular flexibility index (Phi) is 2.76. The first kappa shape index (κ1) is 12.1. The van der Waals surface area contributed by atoms with E-state index in [2.05, 4.69) is 21.9 Å². The van der Waals surface area contributed by atoms with Crippen molar-refractivity contribution >= 4 is 22.9 Å². The number of fused-ring (bicyclic) bond motifs is 1. The zero-order chi connectivity index (χ0) is 13.6. The van der Waals surface area contributed by atoms with Crippen LogP contribution in [0, 0.1) is 5.92 Å². The van der Waals surface area contributed by atoms with Crippen LogP contribution in [0.5, 0.6) is 0 Å². The van der Waals surface area contributed by atoms with E-state index in [1.807, 2.05) is 0 Å². The summed E-state index contributed by atoms with van der Waals surface area (Å²) in [7, 11) is 0. The van der Waals surface area contributed by atoms with Gasteiger partial charge in [-0.3, -0.25) is 4.57 Å². The molecule has 1 aliphatic rings. The fraction of sp³-hybridized carbons (Fsp3) is 0.545. The number of aliphatic hydroxyl groups is 1. The highest BCUT2D eigenvalue weighted by molar-refractivity contribution is 5.82. The molecule has 3 atom stereocenters. The molecule has 0 aliphatic carbocycles. The smallest absolute Gasteiger partial charge is 0.224 e. The van der Waals surface area contributed by atoms with E-state index in [4.69, 9.17) is 16.2 Å². The Balaban J connectivity index is 2.06. The second-order valence-electron chi connectivity index (χ2n) is 4.84. The zero-order valence-corrected chi connectivity index (χ0v) is 10.5. The van der Waals surface area contributed by atoms with Crippen LogP contribution in [-0.2, 0) is 4.74 Å². The zero-order valence-electron chi connectivity index (χ0n) is 10.5. The molecule has 8 heteroatoms. The second-order valence-corrected chi connectivity index (χ2v) is 4.84. The average molecular weight is 264 g/mol. The number of aliphatic hydroxyl groups excluding tert-OH is 1. The Morgan fingerprint density at radius 3 is 2.95 bits per heavy atom. The third-order valence-corrected chi connectivity index (χ3v) is 3.40. The van der Waals surface area contributed by atoms with E-state index in [-0.39, 0.29) is 36.6 Å². The fourth-order valence-corrected chi connectivity index (χ4v) is 2.52. The van der Waals surface area contributed by atoms with E-state index in [1.165, 1.54) is 0 Å². The van der Waals surface area contributed by atoms with E-state index < -0.39 is 0 Å². The molecular formula is C11H16N6O2. The van der Waals surface area contributed by atoms with Gasteiger partial charge >= 0.3 is 0 Å². The molecular weight excluding hydrogens is 248 g/mol. The van der Waals surface area contributed by atoms with E-state index in [1.54, 1.807) is 10.9 Å². The van der Waals surface area contributed by atoms with Gasteiger partial charge in [0.25, 0.3) is 0 Å². The van der Waals surface area contributed by atoms with Crippen molar-refractivity contribution in [1.29, 1.82) is 0 Å². The Morgan fingerprint density at radius 2 is 2.26 bits per heavy atom. The molecule has 8 nitrogen and oxygen atoms in total. The van der Waals surface area contributed by atoms with Crippen molar-refractivity contribution in [3.63, 3.8) is 0 Å². The highest BCUT2D eigenvalue weighted by Crippen LogP contribution is 2.35. The molecule has 0 amide bonds. The van der Waals surface area contributed by atoms with Crippen LogP contribution in [0.2, 0.25) is 0 Å². The molecule has 1 aliphatic heterocycles. The number of aromatic nitrogens is 4. The summed E-state index contributed by atoms with van der Waals surface area (Å²) in [5, 5.41) is 9.19. The maximum absolute atomic E-state index is 9.19. The molecule has 3 rings (SSSR count). The number of ether oxygens (including phenoxy) is 1. The first-order valence-corrected chi connectivity index (χ1v) is 6.12. The lowest BCUT2D eigenvalue weighted by Gasteiger charge is -2.17. The minimum absolute atomic E-state index is 0.00668. The molecule has 5 N–H and O–H groups in total. The summed E-state index contributed by atoms with van der Waals surface area (Å²) >= 11 is 0. The van der Waals surface area contributed by atoms with Gasteiger partial charge in [-0.15, -0.1) is 0 Å². The number of imidazole rings is 1. The Hall–Kier alpha value is -1.93. The van der Waals surface area contributed by atoms with Crippen LogP contribution in [0.25, 0.3) is 11.2 Å². The monoisotopic (exact) mass is 264 g/mol. The molecule has 0 saturated carbocycles. The molecule has 19 heavy (non-hydrogen) atoms. The van der Waals surface area contributed by atoms with Gasteiger partial charge in [-0.1, -0.05) is 6.92 Å². The molecule has 3 heterocycles. The largest absolute Gasteiger partial charge is 0.394 e. The lowest BCUT2D eigenvalue weighted by Crippen LogP contribution is -2.15. The van der Waals surface area contributed by atoms with Crippen LogP contribution in [0.3, 0.4) is 0 Å². The summed E-state index contributed by atoms with van der Waals surface area (Å²) < 4.78 is 7.58. The maximum atomic E-state index is 9.19. The van der Waals surface area contributed by atoms with Crippen molar-refractivity contribution in [3.8, 4) is 0 Å². The number of hydrogen-bond acceptors (Lipinski definition) is 7. The lowest BCUT2D eigenvalue weighted by molar-refractivity contribution is -0.0294. The number of nitrogen functional groups attached to an aromatic ring is 2. The summed E-state index contributed by atoms with van der Waals surface area (Å²) in [4.78, 5) is 12.3. The first-order valence-electron chi connectivity index (χ1n) is 6.12. The number of nitrogens with zero attached hydrogens (tertiary/aromatic N) is 4. The normalized spacial score (nSPS) is 27.2. The molecule has 102 valence electrons. The van der Waals surface area contributed by atoms with Crippen molar-refractivity contribution in [2.75, 3.05) is 18.1 Å². The number of nitrogens with two attached hydrogens (primary N) is 2. The van der Waals surface area contributed by atoms with Crippen LogP contribution >= 0.6 is 0 Å². The van der Waals surface area contributed by atoms with E-state index in [9.17, 15) is 5.11 Å². The lowest BCUT2D eigenvalue weighted by atomic mass is 10.1. The molecule has 2 aromatic rings. The van der Waals surface area contributed by atoms with Crippen LogP contribution < -0.4 is 11.5 Å². The third kappa shape index (κ3) is 1.89. The van der Waals surface area contributed by atoms with Crippen molar-refractivity contribution in [1.82, 2.24) is 19.5 Å². The molecule has 2 aromatic heterocycles. The highest BCUT2D eigenvalue weighted by atomic mass is 16.5. The van der Waals surface area contributed by atoms with Gasteiger partial charge in [-0.25, -0.2) is 4.98 Å². The van der Waals surface area contributed by atoms with Gasteiger partial charge in [0.15, 0.2) is 11.5 Å². The molecule has 1 saturated heterocycles. The highest BCUT2D eigenvalue weighted by Gasteiger charge is 2.34. The fourth-order valence-electron chi connectivity index (χ4n) is 2.52. The maximum Gasteiger partial charge on any atom is 0.224 e. The standard InChI is InChI=1S/C11H16N6O2/c1-5-2-6(3-18)19-10(5)17-4-14-7-8(12)15-11(13)16-9(7)17/h4-6,10,18H,2-3H2,1H3,(H4,12,13,15,16). The SMILES string of the molecule is CC1CC(CO)OC1n1cnc2c(N)nc(N)nc21. The first-order chi connectivity index (χ1) is 9.10. The average Bonchev–Trinajstić information content (AvgIpc) is 2.92.